The summed E-state index contributed by atoms with van der Waals surface area (Å²) >= 11 is 6.00. The van der Waals surface area contributed by atoms with E-state index in [1.165, 1.54) is 12.8 Å². The molecular formula is C15H21ClN4. The highest BCUT2D eigenvalue weighted by molar-refractivity contribution is 6.30. The van der Waals surface area contributed by atoms with Gasteiger partial charge in [-0.25, -0.2) is 4.98 Å². The van der Waals surface area contributed by atoms with Crippen molar-refractivity contribution in [2.75, 3.05) is 13.1 Å². The molecule has 1 fully saturated rings. The summed E-state index contributed by atoms with van der Waals surface area (Å²) in [4.78, 5) is 7.11. The second-order valence-electron chi connectivity index (χ2n) is 5.84. The molecule has 2 atom stereocenters. The van der Waals surface area contributed by atoms with Gasteiger partial charge in [-0.15, -0.1) is 0 Å². The molecule has 108 valence electrons. The molecule has 0 aliphatic carbocycles. The van der Waals surface area contributed by atoms with Gasteiger partial charge in [0.1, 0.15) is 5.65 Å². The highest BCUT2D eigenvalue weighted by Crippen LogP contribution is 2.20. The van der Waals surface area contributed by atoms with Crippen LogP contribution in [0.25, 0.3) is 5.65 Å². The van der Waals surface area contributed by atoms with Crippen LogP contribution in [0.2, 0.25) is 5.02 Å². The Morgan fingerprint density at radius 2 is 2.30 bits per heavy atom. The van der Waals surface area contributed by atoms with Gasteiger partial charge in [0.2, 0.25) is 0 Å². The molecule has 4 nitrogen and oxygen atoms in total. The number of rotatable bonds is 3. The van der Waals surface area contributed by atoms with E-state index in [1.807, 2.05) is 22.7 Å². The van der Waals surface area contributed by atoms with Crippen LogP contribution in [0.15, 0.2) is 24.5 Å². The lowest BCUT2D eigenvalue weighted by Crippen LogP contribution is -2.41. The van der Waals surface area contributed by atoms with Gasteiger partial charge in [-0.3, -0.25) is 4.90 Å². The fraction of sp³-hybridized carbons (Fsp3) is 0.533. The Balaban J connectivity index is 1.72. The van der Waals surface area contributed by atoms with Crippen molar-refractivity contribution in [1.29, 1.82) is 0 Å². The number of aromatic nitrogens is 2. The molecule has 0 amide bonds. The van der Waals surface area contributed by atoms with Gasteiger partial charge >= 0.3 is 0 Å². The van der Waals surface area contributed by atoms with Crippen molar-refractivity contribution in [1.82, 2.24) is 14.3 Å². The van der Waals surface area contributed by atoms with Crippen LogP contribution in [0.4, 0.5) is 0 Å². The van der Waals surface area contributed by atoms with Crippen LogP contribution in [0.1, 0.15) is 25.5 Å². The first kappa shape index (κ1) is 13.9. The quantitative estimate of drug-likeness (QED) is 0.946. The third-order valence-corrected chi connectivity index (χ3v) is 4.36. The van der Waals surface area contributed by atoms with Crippen LogP contribution in [0.5, 0.6) is 0 Å². The molecular weight excluding hydrogens is 272 g/mol. The number of hydrogen-bond donors (Lipinski definition) is 1. The van der Waals surface area contributed by atoms with Gasteiger partial charge in [-0.1, -0.05) is 11.6 Å². The number of nitrogens with zero attached hydrogens (tertiary/aromatic N) is 3. The predicted molar refractivity (Wildman–Crippen MR) is 81.9 cm³/mol. The molecule has 2 aromatic heterocycles. The van der Waals surface area contributed by atoms with Crippen LogP contribution in [0.3, 0.4) is 0 Å². The van der Waals surface area contributed by atoms with Crippen LogP contribution in [-0.4, -0.2) is 33.4 Å². The average molecular weight is 293 g/mol. The summed E-state index contributed by atoms with van der Waals surface area (Å²) in [5, 5.41) is 0.733. The third-order valence-electron chi connectivity index (χ3n) is 4.14. The van der Waals surface area contributed by atoms with Crippen LogP contribution >= 0.6 is 11.6 Å². The van der Waals surface area contributed by atoms with Crippen molar-refractivity contribution < 1.29 is 0 Å². The predicted octanol–water partition coefficient (Wildman–Crippen LogP) is 2.55. The molecule has 2 unspecified atom stereocenters. The Kier molecular flexibility index (Phi) is 3.96. The van der Waals surface area contributed by atoms with Crippen molar-refractivity contribution in [3.8, 4) is 0 Å². The standard InChI is InChI=1S/C15H21ClN4/c1-11(17)12-3-2-6-19(7-12)9-14-10-20-8-13(16)4-5-15(20)18-14/h4-5,8,10-12H,2-3,6-7,9,17H2,1H3. The Morgan fingerprint density at radius 3 is 3.10 bits per heavy atom. The molecule has 0 radical (unpaired) electrons. The Hall–Kier alpha value is -1.10. The summed E-state index contributed by atoms with van der Waals surface area (Å²) in [5.41, 5.74) is 8.08. The van der Waals surface area contributed by atoms with E-state index < -0.39 is 0 Å². The number of pyridine rings is 1. The maximum absolute atomic E-state index is 6.04. The van der Waals surface area contributed by atoms with E-state index in [2.05, 4.69) is 23.0 Å². The number of piperidine rings is 1. The van der Waals surface area contributed by atoms with Crippen LogP contribution in [0, 0.1) is 5.92 Å². The number of hydrogen-bond acceptors (Lipinski definition) is 3. The van der Waals surface area contributed by atoms with Crippen molar-refractivity contribution in [3.63, 3.8) is 0 Å². The smallest absolute Gasteiger partial charge is 0.137 e. The van der Waals surface area contributed by atoms with E-state index in [9.17, 15) is 0 Å². The van der Waals surface area contributed by atoms with Crippen molar-refractivity contribution >= 4 is 17.2 Å². The van der Waals surface area contributed by atoms with Gasteiger partial charge in [0, 0.05) is 31.5 Å². The average Bonchev–Trinajstić information content (AvgIpc) is 2.80. The number of likely N-dealkylation sites (tertiary alicyclic amines) is 1. The van der Waals surface area contributed by atoms with E-state index in [0.29, 0.717) is 5.92 Å². The fourth-order valence-electron chi connectivity index (χ4n) is 2.99. The van der Waals surface area contributed by atoms with E-state index in [4.69, 9.17) is 17.3 Å². The van der Waals surface area contributed by atoms with Gasteiger partial charge in [0.25, 0.3) is 0 Å². The molecule has 3 rings (SSSR count). The lowest BCUT2D eigenvalue weighted by molar-refractivity contribution is 0.153. The molecule has 1 saturated heterocycles. The molecule has 0 saturated carbocycles. The first-order valence-corrected chi connectivity index (χ1v) is 7.60. The van der Waals surface area contributed by atoms with Gasteiger partial charge in [0.05, 0.1) is 10.7 Å². The van der Waals surface area contributed by atoms with E-state index in [0.717, 1.165) is 36.0 Å². The lowest BCUT2D eigenvalue weighted by atomic mass is 9.92. The maximum atomic E-state index is 6.04. The summed E-state index contributed by atoms with van der Waals surface area (Å²) in [6.07, 6.45) is 6.44. The largest absolute Gasteiger partial charge is 0.328 e. The van der Waals surface area contributed by atoms with Crippen LogP contribution < -0.4 is 5.73 Å². The monoisotopic (exact) mass is 292 g/mol. The zero-order valence-electron chi connectivity index (χ0n) is 11.8. The maximum Gasteiger partial charge on any atom is 0.137 e. The Labute approximate surface area is 124 Å². The zero-order chi connectivity index (χ0) is 14.1. The van der Waals surface area contributed by atoms with Crippen molar-refractivity contribution in [3.05, 3.63) is 35.2 Å². The molecule has 0 bridgehead atoms. The number of halogens is 1. The normalized spacial score (nSPS) is 22.2. The number of fused-ring (bicyclic) bond motifs is 1. The van der Waals surface area contributed by atoms with E-state index >= 15 is 0 Å². The Morgan fingerprint density at radius 1 is 1.45 bits per heavy atom. The van der Waals surface area contributed by atoms with E-state index in [1.54, 1.807) is 0 Å². The van der Waals surface area contributed by atoms with Gasteiger partial charge in [-0.2, -0.15) is 0 Å². The molecule has 1 aliphatic rings. The molecule has 3 heterocycles. The van der Waals surface area contributed by atoms with Crippen molar-refractivity contribution in [2.45, 2.75) is 32.4 Å². The molecule has 5 heteroatoms. The van der Waals surface area contributed by atoms with E-state index in [-0.39, 0.29) is 6.04 Å². The molecule has 2 N–H and O–H groups in total. The first-order chi connectivity index (χ1) is 9.61. The summed E-state index contributed by atoms with van der Waals surface area (Å²) in [6, 6.07) is 4.10. The third kappa shape index (κ3) is 2.97. The Bertz CT molecular complexity index is 593. The second-order valence-corrected chi connectivity index (χ2v) is 6.28. The molecule has 0 aromatic carbocycles. The summed E-state index contributed by atoms with van der Waals surface area (Å²) < 4.78 is 1.99. The summed E-state index contributed by atoms with van der Waals surface area (Å²) in [6.45, 7) is 5.22. The first-order valence-electron chi connectivity index (χ1n) is 7.23. The minimum Gasteiger partial charge on any atom is -0.328 e. The number of imidazole rings is 1. The van der Waals surface area contributed by atoms with Gasteiger partial charge in [-0.05, 0) is 44.4 Å². The summed E-state index contributed by atoms with van der Waals surface area (Å²) in [5.74, 6) is 0.607. The van der Waals surface area contributed by atoms with Crippen molar-refractivity contribution in [2.24, 2.45) is 11.7 Å². The SMILES string of the molecule is CC(N)C1CCCN(Cc2cn3cc(Cl)ccc3n2)C1. The zero-order valence-corrected chi connectivity index (χ0v) is 12.6. The minimum atomic E-state index is 0.276. The topological polar surface area (TPSA) is 46.6 Å². The summed E-state index contributed by atoms with van der Waals surface area (Å²) in [7, 11) is 0. The molecule has 1 aliphatic heterocycles. The highest BCUT2D eigenvalue weighted by Gasteiger charge is 2.23. The number of nitrogens with two attached hydrogens (primary N) is 1. The minimum absolute atomic E-state index is 0.276. The fourth-order valence-corrected chi connectivity index (χ4v) is 3.15. The van der Waals surface area contributed by atoms with Crippen LogP contribution in [-0.2, 0) is 6.54 Å². The molecule has 0 spiro atoms. The highest BCUT2D eigenvalue weighted by atomic mass is 35.5. The van der Waals surface area contributed by atoms with Gasteiger partial charge in [0.15, 0.2) is 0 Å². The molecule has 20 heavy (non-hydrogen) atoms. The van der Waals surface area contributed by atoms with Gasteiger partial charge < -0.3 is 10.1 Å². The molecule has 2 aromatic rings. The lowest BCUT2D eigenvalue weighted by Gasteiger charge is -2.34. The second kappa shape index (κ2) is 5.72.